The Morgan fingerprint density at radius 1 is 1.35 bits per heavy atom. The third kappa shape index (κ3) is 4.51. The first kappa shape index (κ1) is 17.9. The topological polar surface area (TPSA) is 57.5 Å². The number of hydrogen-bond donors (Lipinski definition) is 1. The third-order valence-corrected chi connectivity index (χ3v) is 3.92. The molecule has 0 aliphatic carbocycles. The van der Waals surface area contributed by atoms with Gasteiger partial charge in [-0.05, 0) is 38.5 Å². The second-order valence-corrected chi connectivity index (χ2v) is 6.15. The van der Waals surface area contributed by atoms with Gasteiger partial charge in [0, 0.05) is 26.2 Å². The van der Waals surface area contributed by atoms with E-state index in [-0.39, 0.29) is 12.1 Å². The van der Waals surface area contributed by atoms with Crippen LogP contribution in [0.3, 0.4) is 0 Å². The Bertz CT molecular complexity index is 566. The molecule has 2 rings (SSSR count). The summed E-state index contributed by atoms with van der Waals surface area (Å²) in [5, 5.41) is 13.4. The number of nitrogens with one attached hydrogen (secondary N) is 1. The number of halogens is 1. The fraction of sp³-hybridized carbons (Fsp3) is 0.588. The minimum Gasteiger partial charge on any atom is -0.490 e. The van der Waals surface area contributed by atoms with Crippen LogP contribution in [0, 0.1) is 11.3 Å². The van der Waals surface area contributed by atoms with Crippen molar-refractivity contribution in [3.63, 3.8) is 0 Å². The van der Waals surface area contributed by atoms with Crippen molar-refractivity contribution in [3.8, 4) is 17.6 Å². The van der Waals surface area contributed by atoms with E-state index in [9.17, 15) is 5.26 Å². The molecule has 1 aliphatic rings. The Morgan fingerprint density at radius 2 is 2.04 bits per heavy atom. The summed E-state index contributed by atoms with van der Waals surface area (Å²) in [7, 11) is 0. The predicted octanol–water partition coefficient (Wildman–Crippen LogP) is 3.00. The van der Waals surface area contributed by atoms with Crippen LogP contribution >= 0.6 is 11.6 Å². The van der Waals surface area contributed by atoms with Gasteiger partial charge < -0.3 is 14.8 Å². The van der Waals surface area contributed by atoms with Crippen LogP contribution < -0.4 is 14.8 Å². The van der Waals surface area contributed by atoms with E-state index < -0.39 is 0 Å². The SMILES string of the molecule is CCOc1cc(C(C#N)N2CCNCC2)cc(Cl)c1OC(C)C. The van der Waals surface area contributed by atoms with E-state index in [4.69, 9.17) is 21.1 Å². The molecular weight excluding hydrogens is 314 g/mol. The van der Waals surface area contributed by atoms with Gasteiger partial charge in [-0.1, -0.05) is 11.6 Å². The van der Waals surface area contributed by atoms with Gasteiger partial charge in [0.1, 0.15) is 6.04 Å². The van der Waals surface area contributed by atoms with Crippen molar-refractivity contribution in [1.82, 2.24) is 10.2 Å². The molecule has 6 heteroatoms. The molecule has 1 aromatic rings. The van der Waals surface area contributed by atoms with E-state index in [1.54, 1.807) is 0 Å². The fourth-order valence-corrected chi connectivity index (χ4v) is 2.93. The zero-order valence-electron chi connectivity index (χ0n) is 13.9. The van der Waals surface area contributed by atoms with Crippen LogP contribution in [-0.4, -0.2) is 43.8 Å². The van der Waals surface area contributed by atoms with E-state index in [1.165, 1.54) is 0 Å². The van der Waals surface area contributed by atoms with Gasteiger partial charge in [-0.15, -0.1) is 0 Å². The Kier molecular flexibility index (Phi) is 6.52. The Hall–Kier alpha value is -1.48. The van der Waals surface area contributed by atoms with Gasteiger partial charge in [0.25, 0.3) is 0 Å². The van der Waals surface area contributed by atoms with Crippen molar-refractivity contribution in [1.29, 1.82) is 5.26 Å². The molecule has 0 saturated carbocycles. The highest BCUT2D eigenvalue weighted by Crippen LogP contribution is 2.39. The zero-order valence-corrected chi connectivity index (χ0v) is 14.7. The molecule has 0 radical (unpaired) electrons. The third-order valence-electron chi connectivity index (χ3n) is 3.64. The lowest BCUT2D eigenvalue weighted by atomic mass is 10.0. The molecule has 1 N–H and O–H groups in total. The number of benzene rings is 1. The van der Waals surface area contributed by atoms with Crippen LogP contribution in [0.2, 0.25) is 5.02 Å². The van der Waals surface area contributed by atoms with Crippen molar-refractivity contribution < 1.29 is 9.47 Å². The highest BCUT2D eigenvalue weighted by atomic mass is 35.5. The summed E-state index contributed by atoms with van der Waals surface area (Å²) in [5.41, 5.74) is 0.846. The summed E-state index contributed by atoms with van der Waals surface area (Å²) in [6.07, 6.45) is -0.00233. The summed E-state index contributed by atoms with van der Waals surface area (Å²) in [5.74, 6) is 1.14. The van der Waals surface area contributed by atoms with Crippen LogP contribution in [0.15, 0.2) is 12.1 Å². The Labute approximate surface area is 143 Å². The largest absolute Gasteiger partial charge is 0.490 e. The van der Waals surface area contributed by atoms with Gasteiger partial charge in [-0.25, -0.2) is 0 Å². The molecule has 1 heterocycles. The van der Waals surface area contributed by atoms with Crippen LogP contribution in [0.5, 0.6) is 11.5 Å². The normalized spacial score (nSPS) is 16.9. The molecule has 0 spiro atoms. The van der Waals surface area contributed by atoms with Crippen molar-refractivity contribution in [2.24, 2.45) is 0 Å². The minimum atomic E-state index is -0.332. The lowest BCUT2D eigenvalue weighted by Gasteiger charge is -2.31. The fourth-order valence-electron chi connectivity index (χ4n) is 2.67. The van der Waals surface area contributed by atoms with Crippen molar-refractivity contribution in [2.45, 2.75) is 32.9 Å². The van der Waals surface area contributed by atoms with Gasteiger partial charge in [0.2, 0.25) is 0 Å². The maximum Gasteiger partial charge on any atom is 0.180 e. The van der Waals surface area contributed by atoms with Gasteiger partial charge >= 0.3 is 0 Å². The van der Waals surface area contributed by atoms with Crippen molar-refractivity contribution in [2.75, 3.05) is 32.8 Å². The Balaban J connectivity index is 2.35. The van der Waals surface area contributed by atoms with Crippen LogP contribution in [0.4, 0.5) is 0 Å². The van der Waals surface area contributed by atoms with E-state index in [1.807, 2.05) is 32.9 Å². The molecule has 1 saturated heterocycles. The molecule has 1 atom stereocenters. The molecule has 5 nitrogen and oxygen atoms in total. The van der Waals surface area contributed by atoms with Gasteiger partial charge in [-0.3, -0.25) is 4.90 Å². The predicted molar refractivity (Wildman–Crippen MR) is 91.2 cm³/mol. The maximum absolute atomic E-state index is 9.63. The summed E-state index contributed by atoms with van der Waals surface area (Å²) < 4.78 is 11.5. The summed E-state index contributed by atoms with van der Waals surface area (Å²) >= 11 is 6.41. The standard InChI is InChI=1S/C17H24ClN3O2/c1-4-22-16-10-13(9-14(18)17(16)23-12(2)3)15(11-19)21-7-5-20-6-8-21/h9-10,12,15,20H,4-8H2,1-3H3. The minimum absolute atomic E-state index is 0.00233. The highest BCUT2D eigenvalue weighted by molar-refractivity contribution is 6.32. The molecule has 1 aromatic carbocycles. The van der Waals surface area contributed by atoms with E-state index >= 15 is 0 Å². The number of piperazine rings is 1. The van der Waals surface area contributed by atoms with Crippen molar-refractivity contribution in [3.05, 3.63) is 22.7 Å². The van der Waals surface area contributed by atoms with Gasteiger partial charge in [-0.2, -0.15) is 5.26 Å². The Morgan fingerprint density at radius 3 is 2.61 bits per heavy atom. The molecule has 0 bridgehead atoms. The monoisotopic (exact) mass is 337 g/mol. The molecular formula is C17H24ClN3O2. The second kappa shape index (κ2) is 8.39. The maximum atomic E-state index is 9.63. The van der Waals surface area contributed by atoms with E-state index in [2.05, 4.69) is 16.3 Å². The van der Waals surface area contributed by atoms with E-state index in [0.29, 0.717) is 23.1 Å². The lowest BCUT2D eigenvalue weighted by Crippen LogP contribution is -2.44. The quantitative estimate of drug-likeness (QED) is 0.864. The molecule has 23 heavy (non-hydrogen) atoms. The summed E-state index contributed by atoms with van der Waals surface area (Å²) in [6, 6.07) is 5.75. The number of nitriles is 1. The number of hydrogen-bond acceptors (Lipinski definition) is 5. The first-order chi connectivity index (χ1) is 11.1. The molecule has 126 valence electrons. The molecule has 0 aromatic heterocycles. The number of rotatable bonds is 6. The van der Waals surface area contributed by atoms with Gasteiger partial charge in [0.15, 0.2) is 11.5 Å². The highest BCUT2D eigenvalue weighted by Gasteiger charge is 2.24. The molecule has 1 unspecified atom stereocenters. The molecule has 1 aliphatic heterocycles. The first-order valence-electron chi connectivity index (χ1n) is 8.04. The van der Waals surface area contributed by atoms with Gasteiger partial charge in [0.05, 0.1) is 23.8 Å². The number of nitrogens with zero attached hydrogens (tertiary/aromatic N) is 2. The summed E-state index contributed by atoms with van der Waals surface area (Å²) in [4.78, 5) is 2.15. The lowest BCUT2D eigenvalue weighted by molar-refractivity contribution is 0.205. The first-order valence-corrected chi connectivity index (χ1v) is 8.41. The average molecular weight is 338 g/mol. The van der Waals surface area contributed by atoms with E-state index in [0.717, 1.165) is 31.7 Å². The van der Waals surface area contributed by atoms with Crippen molar-refractivity contribution >= 4 is 11.6 Å². The molecule has 0 amide bonds. The molecule has 1 fully saturated rings. The number of ether oxygens (including phenoxy) is 2. The summed E-state index contributed by atoms with van der Waals surface area (Å²) in [6.45, 7) is 9.76. The van der Waals surface area contributed by atoms with Crippen LogP contribution in [-0.2, 0) is 0 Å². The van der Waals surface area contributed by atoms with Crippen LogP contribution in [0.25, 0.3) is 0 Å². The van der Waals surface area contributed by atoms with Crippen LogP contribution in [0.1, 0.15) is 32.4 Å². The zero-order chi connectivity index (χ0) is 16.8. The second-order valence-electron chi connectivity index (χ2n) is 5.75. The smallest absolute Gasteiger partial charge is 0.180 e. The average Bonchev–Trinajstić information content (AvgIpc) is 2.52.